The van der Waals surface area contributed by atoms with E-state index in [4.69, 9.17) is 4.18 Å². The van der Waals surface area contributed by atoms with Gasteiger partial charge >= 0.3 is 0 Å². The molecule has 1 rings (SSSR count). The quantitative estimate of drug-likeness (QED) is 0.389. The molecule has 1 aromatic carbocycles. The number of benzene rings is 1. The second kappa shape index (κ2) is 11.7. The van der Waals surface area contributed by atoms with Gasteiger partial charge in [-0.25, -0.2) is 0 Å². The molecule has 0 aliphatic heterocycles. The number of hydrogen-bond acceptors (Lipinski definition) is 3. The van der Waals surface area contributed by atoms with Crippen molar-refractivity contribution in [3.63, 3.8) is 0 Å². The fourth-order valence-corrected chi connectivity index (χ4v) is 2.94. The molecule has 0 saturated heterocycles. The Morgan fingerprint density at radius 3 is 1.82 bits per heavy atom. The van der Waals surface area contributed by atoms with Gasteiger partial charge in [-0.2, -0.15) is 8.42 Å². The molecule has 22 heavy (non-hydrogen) atoms. The van der Waals surface area contributed by atoms with Crippen LogP contribution in [0.25, 0.3) is 0 Å². The number of rotatable bonds is 13. The summed E-state index contributed by atoms with van der Waals surface area (Å²) in [6.45, 7) is 0.332. The Balaban J connectivity index is 1.80. The third-order valence-corrected chi connectivity index (χ3v) is 4.34. The Morgan fingerprint density at radius 1 is 0.773 bits per heavy atom. The first kappa shape index (κ1) is 19.2. The SMILES string of the molecule is CS(=O)(=O)OCCCCCCCCCCCc1ccccc1. The van der Waals surface area contributed by atoms with E-state index in [2.05, 4.69) is 30.3 Å². The standard InChI is InChI=1S/C18H30O3S/c1-22(19,20)21-17-13-8-6-4-2-3-5-7-10-14-18-15-11-9-12-16-18/h9,11-12,15-16H,2-8,10,13-14,17H2,1H3. The summed E-state index contributed by atoms with van der Waals surface area (Å²) in [4.78, 5) is 0. The Morgan fingerprint density at radius 2 is 1.27 bits per heavy atom. The van der Waals surface area contributed by atoms with Gasteiger partial charge in [0, 0.05) is 0 Å². The molecule has 0 saturated carbocycles. The molecule has 0 bridgehead atoms. The van der Waals surface area contributed by atoms with Crippen LogP contribution in [-0.4, -0.2) is 21.3 Å². The zero-order valence-electron chi connectivity index (χ0n) is 13.8. The number of aryl methyl sites for hydroxylation is 1. The van der Waals surface area contributed by atoms with Gasteiger partial charge in [0.1, 0.15) is 0 Å². The van der Waals surface area contributed by atoms with E-state index < -0.39 is 10.1 Å². The van der Waals surface area contributed by atoms with Gasteiger partial charge in [-0.3, -0.25) is 4.18 Å². The van der Waals surface area contributed by atoms with Crippen molar-refractivity contribution in [1.29, 1.82) is 0 Å². The molecular formula is C18H30O3S. The van der Waals surface area contributed by atoms with Crippen LogP contribution in [0.3, 0.4) is 0 Å². The Hall–Kier alpha value is -0.870. The van der Waals surface area contributed by atoms with Crippen molar-refractivity contribution in [2.45, 2.75) is 64.2 Å². The summed E-state index contributed by atoms with van der Waals surface area (Å²) in [5.74, 6) is 0. The highest BCUT2D eigenvalue weighted by Crippen LogP contribution is 2.12. The number of hydrogen-bond donors (Lipinski definition) is 0. The van der Waals surface area contributed by atoms with Crippen LogP contribution in [-0.2, 0) is 20.7 Å². The summed E-state index contributed by atoms with van der Waals surface area (Å²) in [5.41, 5.74) is 1.44. The summed E-state index contributed by atoms with van der Waals surface area (Å²) in [6, 6.07) is 10.7. The van der Waals surface area contributed by atoms with Gasteiger partial charge in [-0.15, -0.1) is 0 Å². The lowest BCUT2D eigenvalue weighted by Gasteiger charge is -2.03. The van der Waals surface area contributed by atoms with E-state index in [0.717, 1.165) is 19.1 Å². The zero-order valence-corrected chi connectivity index (χ0v) is 14.6. The van der Waals surface area contributed by atoms with Crippen LogP contribution in [0, 0.1) is 0 Å². The average molecular weight is 327 g/mol. The molecule has 0 radical (unpaired) electrons. The average Bonchev–Trinajstić information content (AvgIpc) is 2.48. The molecule has 0 amide bonds. The molecule has 0 spiro atoms. The van der Waals surface area contributed by atoms with Gasteiger partial charge in [0.15, 0.2) is 0 Å². The maximum absolute atomic E-state index is 10.8. The monoisotopic (exact) mass is 326 g/mol. The molecule has 3 nitrogen and oxygen atoms in total. The summed E-state index contributed by atoms with van der Waals surface area (Å²) < 4.78 is 26.2. The predicted octanol–water partition coefficient (Wildman–Crippen LogP) is 4.72. The lowest BCUT2D eigenvalue weighted by molar-refractivity contribution is 0.309. The summed E-state index contributed by atoms with van der Waals surface area (Å²) in [6.07, 6.45) is 13.1. The van der Waals surface area contributed by atoms with Crippen molar-refractivity contribution < 1.29 is 12.6 Å². The van der Waals surface area contributed by atoms with Gasteiger partial charge < -0.3 is 0 Å². The molecule has 126 valence electrons. The van der Waals surface area contributed by atoms with E-state index in [0.29, 0.717) is 6.61 Å². The molecule has 0 fully saturated rings. The van der Waals surface area contributed by atoms with E-state index in [1.807, 2.05) is 0 Å². The van der Waals surface area contributed by atoms with Gasteiger partial charge in [0.05, 0.1) is 12.9 Å². The van der Waals surface area contributed by atoms with E-state index in [9.17, 15) is 8.42 Å². The molecule has 1 aromatic rings. The van der Waals surface area contributed by atoms with Crippen molar-refractivity contribution in [2.24, 2.45) is 0 Å². The molecule has 0 heterocycles. The highest BCUT2D eigenvalue weighted by atomic mass is 32.2. The summed E-state index contributed by atoms with van der Waals surface area (Å²) >= 11 is 0. The van der Waals surface area contributed by atoms with Crippen molar-refractivity contribution in [3.8, 4) is 0 Å². The minimum atomic E-state index is -3.25. The molecule has 0 atom stereocenters. The fourth-order valence-electron chi connectivity index (χ4n) is 2.52. The van der Waals surface area contributed by atoms with Crippen molar-refractivity contribution >= 4 is 10.1 Å². The Kier molecular flexibility index (Phi) is 10.2. The second-order valence-corrected chi connectivity index (χ2v) is 7.59. The Labute approximate surface area is 136 Å². The molecule has 0 aromatic heterocycles. The minimum Gasteiger partial charge on any atom is -0.270 e. The van der Waals surface area contributed by atoms with Crippen molar-refractivity contribution in [3.05, 3.63) is 35.9 Å². The Bertz CT molecular complexity index is 468. The highest BCUT2D eigenvalue weighted by molar-refractivity contribution is 7.85. The number of unbranched alkanes of at least 4 members (excludes halogenated alkanes) is 8. The van der Waals surface area contributed by atoms with Crippen molar-refractivity contribution in [2.75, 3.05) is 12.9 Å². The smallest absolute Gasteiger partial charge is 0.264 e. The maximum Gasteiger partial charge on any atom is 0.264 e. The largest absolute Gasteiger partial charge is 0.270 e. The second-order valence-electron chi connectivity index (χ2n) is 5.94. The predicted molar refractivity (Wildman–Crippen MR) is 92.5 cm³/mol. The fraction of sp³-hybridized carbons (Fsp3) is 0.667. The van der Waals surface area contributed by atoms with E-state index in [-0.39, 0.29) is 0 Å². The van der Waals surface area contributed by atoms with E-state index >= 15 is 0 Å². The van der Waals surface area contributed by atoms with Crippen LogP contribution < -0.4 is 0 Å². The molecule has 0 aliphatic carbocycles. The first-order valence-electron chi connectivity index (χ1n) is 8.46. The summed E-state index contributed by atoms with van der Waals surface area (Å²) in [5, 5.41) is 0. The van der Waals surface area contributed by atoms with Crippen LogP contribution in [0.5, 0.6) is 0 Å². The molecular weight excluding hydrogens is 296 g/mol. The lowest BCUT2D eigenvalue weighted by Crippen LogP contribution is -2.03. The van der Waals surface area contributed by atoms with Gasteiger partial charge in [0.25, 0.3) is 10.1 Å². The molecule has 0 N–H and O–H groups in total. The first-order chi connectivity index (χ1) is 10.6. The molecule has 4 heteroatoms. The van der Waals surface area contributed by atoms with Crippen molar-refractivity contribution in [1.82, 2.24) is 0 Å². The van der Waals surface area contributed by atoms with Crippen LogP contribution in [0.15, 0.2) is 30.3 Å². The lowest BCUT2D eigenvalue weighted by atomic mass is 10.0. The van der Waals surface area contributed by atoms with E-state index in [1.165, 1.54) is 56.9 Å². The van der Waals surface area contributed by atoms with Gasteiger partial charge in [0.2, 0.25) is 0 Å². The van der Waals surface area contributed by atoms with Gasteiger partial charge in [-0.05, 0) is 24.8 Å². The van der Waals surface area contributed by atoms with Crippen LogP contribution >= 0.6 is 0 Å². The van der Waals surface area contributed by atoms with Gasteiger partial charge in [-0.1, -0.05) is 75.3 Å². The molecule has 0 unspecified atom stereocenters. The van der Waals surface area contributed by atoms with Crippen LogP contribution in [0.4, 0.5) is 0 Å². The first-order valence-corrected chi connectivity index (χ1v) is 10.3. The van der Waals surface area contributed by atoms with Crippen LogP contribution in [0.2, 0.25) is 0 Å². The highest BCUT2D eigenvalue weighted by Gasteiger charge is 2.00. The normalized spacial score (nSPS) is 11.7. The van der Waals surface area contributed by atoms with Crippen LogP contribution in [0.1, 0.15) is 63.4 Å². The third kappa shape index (κ3) is 11.8. The zero-order chi connectivity index (χ0) is 16.1. The molecule has 0 aliphatic rings. The topological polar surface area (TPSA) is 43.4 Å². The maximum atomic E-state index is 10.8. The third-order valence-electron chi connectivity index (χ3n) is 3.75. The summed E-state index contributed by atoms with van der Waals surface area (Å²) in [7, 11) is -3.25. The van der Waals surface area contributed by atoms with E-state index in [1.54, 1.807) is 0 Å². The minimum absolute atomic E-state index is 0.332.